The van der Waals surface area contributed by atoms with Gasteiger partial charge in [-0.25, -0.2) is 0 Å². The van der Waals surface area contributed by atoms with Crippen molar-refractivity contribution in [1.82, 2.24) is 0 Å². The van der Waals surface area contributed by atoms with Gasteiger partial charge >= 0.3 is 61.1 Å². The fourth-order valence-electron chi connectivity index (χ4n) is 0.648. The van der Waals surface area contributed by atoms with E-state index in [1.54, 1.807) is 0 Å². The van der Waals surface area contributed by atoms with Crippen LogP contribution >= 0.6 is 20.2 Å². The standard InChI is InChI=1S/C5H9IO3/c7-5(8)6-3-1-2-4-9-6/h1-4H2,(H,7,8). The molecule has 1 N–H and O–H groups in total. The Bertz CT molecular complexity index is 109. The van der Waals surface area contributed by atoms with E-state index in [4.69, 9.17) is 8.17 Å². The van der Waals surface area contributed by atoms with Gasteiger partial charge in [-0.15, -0.1) is 0 Å². The molecule has 0 aromatic rings. The predicted octanol–water partition coefficient (Wildman–Crippen LogP) is 1.90. The maximum absolute atomic E-state index is 10.3. The summed E-state index contributed by atoms with van der Waals surface area (Å²) >= 11 is -1.94. The molecular weight excluding hydrogens is 235 g/mol. The van der Waals surface area contributed by atoms with Crippen molar-refractivity contribution < 1.29 is 13.0 Å². The number of halogens is 1. The summed E-state index contributed by atoms with van der Waals surface area (Å²) in [5, 5.41) is 8.48. The fourth-order valence-corrected chi connectivity index (χ4v) is 3.76. The third-order valence-corrected chi connectivity index (χ3v) is 5.05. The molecule has 0 amide bonds. The Hall–Kier alpha value is 0.160. The Morgan fingerprint density at radius 2 is 2.33 bits per heavy atom. The Morgan fingerprint density at radius 1 is 1.56 bits per heavy atom. The molecule has 0 atom stereocenters. The summed E-state index contributed by atoms with van der Waals surface area (Å²) in [5.41, 5.74) is 0. The zero-order valence-corrected chi connectivity index (χ0v) is 7.13. The molecule has 1 saturated heterocycles. The third-order valence-electron chi connectivity index (χ3n) is 1.09. The van der Waals surface area contributed by atoms with Crippen molar-refractivity contribution in [1.29, 1.82) is 0 Å². The molecule has 1 rings (SSSR count). The molecule has 0 aliphatic carbocycles. The molecule has 4 heteroatoms. The Morgan fingerprint density at radius 3 is 2.67 bits per heavy atom. The zero-order chi connectivity index (χ0) is 6.69. The Kier molecular flexibility index (Phi) is 2.71. The predicted molar refractivity (Wildman–Crippen MR) is 42.1 cm³/mol. The van der Waals surface area contributed by atoms with Crippen LogP contribution in [-0.2, 0) is 3.07 Å². The van der Waals surface area contributed by atoms with E-state index >= 15 is 0 Å². The molecule has 0 bridgehead atoms. The van der Waals surface area contributed by atoms with Crippen LogP contribution in [0.3, 0.4) is 0 Å². The van der Waals surface area contributed by atoms with E-state index in [2.05, 4.69) is 0 Å². The summed E-state index contributed by atoms with van der Waals surface area (Å²) in [6.45, 7) is 0.678. The van der Waals surface area contributed by atoms with Crippen LogP contribution in [0.1, 0.15) is 12.8 Å². The molecule has 0 saturated carbocycles. The molecule has 0 aromatic heterocycles. The summed E-state index contributed by atoms with van der Waals surface area (Å²) in [6, 6.07) is 0. The molecule has 0 aromatic carbocycles. The van der Waals surface area contributed by atoms with Gasteiger partial charge in [-0.3, -0.25) is 0 Å². The molecule has 54 valence electrons. The van der Waals surface area contributed by atoms with Crippen molar-refractivity contribution in [2.45, 2.75) is 12.8 Å². The van der Waals surface area contributed by atoms with Gasteiger partial charge in [0.2, 0.25) is 0 Å². The number of carboxylic acid groups (broad SMARTS) is 1. The van der Waals surface area contributed by atoms with E-state index in [-0.39, 0.29) is 0 Å². The summed E-state index contributed by atoms with van der Waals surface area (Å²) in [6.07, 6.45) is 2.10. The molecule has 0 spiro atoms. The summed E-state index contributed by atoms with van der Waals surface area (Å²) < 4.78 is 5.26. The second-order valence-electron chi connectivity index (χ2n) is 1.78. The van der Waals surface area contributed by atoms with Crippen LogP contribution in [0.2, 0.25) is 0 Å². The van der Waals surface area contributed by atoms with E-state index in [1.807, 2.05) is 0 Å². The van der Waals surface area contributed by atoms with Gasteiger partial charge in [0.05, 0.1) is 0 Å². The summed E-state index contributed by atoms with van der Waals surface area (Å²) in [4.78, 5) is 10.3. The maximum atomic E-state index is 10.3. The number of carbonyl (C=O) groups is 1. The fraction of sp³-hybridized carbons (Fsp3) is 0.800. The van der Waals surface area contributed by atoms with Crippen molar-refractivity contribution in [2.75, 3.05) is 11.0 Å². The number of hydrogen-bond acceptors (Lipinski definition) is 2. The van der Waals surface area contributed by atoms with Crippen molar-refractivity contribution in [3.05, 3.63) is 0 Å². The van der Waals surface area contributed by atoms with Crippen LogP contribution in [0.4, 0.5) is 4.79 Å². The van der Waals surface area contributed by atoms with Gasteiger partial charge in [-0.05, 0) is 0 Å². The molecule has 1 heterocycles. The molecule has 1 aliphatic rings. The van der Waals surface area contributed by atoms with Gasteiger partial charge in [-0.1, -0.05) is 0 Å². The topological polar surface area (TPSA) is 46.5 Å². The van der Waals surface area contributed by atoms with Crippen LogP contribution in [0, 0.1) is 0 Å². The van der Waals surface area contributed by atoms with Crippen molar-refractivity contribution in [3.63, 3.8) is 0 Å². The molecule has 3 nitrogen and oxygen atoms in total. The molecular formula is C5H9IO3. The van der Waals surface area contributed by atoms with Crippen LogP contribution < -0.4 is 0 Å². The summed E-state index contributed by atoms with van der Waals surface area (Å²) in [5.74, 6) is 0. The van der Waals surface area contributed by atoms with Gasteiger partial charge in [0.15, 0.2) is 0 Å². The second kappa shape index (κ2) is 3.36. The van der Waals surface area contributed by atoms with Gasteiger partial charge in [0, 0.05) is 0 Å². The van der Waals surface area contributed by atoms with Crippen LogP contribution in [0.15, 0.2) is 0 Å². The van der Waals surface area contributed by atoms with Crippen molar-refractivity contribution >= 4 is 24.2 Å². The van der Waals surface area contributed by atoms with Crippen LogP contribution in [0.25, 0.3) is 0 Å². The monoisotopic (exact) mass is 244 g/mol. The quantitative estimate of drug-likeness (QED) is 0.435. The van der Waals surface area contributed by atoms with Crippen LogP contribution in [0.5, 0.6) is 0 Å². The molecule has 0 radical (unpaired) electrons. The van der Waals surface area contributed by atoms with E-state index in [9.17, 15) is 4.79 Å². The molecule has 9 heavy (non-hydrogen) atoms. The first-order chi connectivity index (χ1) is 4.30. The van der Waals surface area contributed by atoms with Crippen LogP contribution in [-0.4, -0.2) is 20.1 Å². The number of alkyl halides is 1. The second-order valence-corrected chi connectivity index (χ2v) is 6.23. The Balaban J connectivity index is 2.31. The first-order valence-electron chi connectivity index (χ1n) is 2.83. The minimum absolute atomic E-state index is 0.668. The SMILES string of the molecule is O=C(O)I1CCCCO1. The van der Waals surface area contributed by atoms with Gasteiger partial charge < -0.3 is 0 Å². The number of hydrogen-bond donors (Lipinski definition) is 1. The molecule has 0 unspecified atom stereocenters. The first kappa shape index (κ1) is 7.27. The average Bonchev–Trinajstić information content (AvgIpc) is 1.90. The zero-order valence-electron chi connectivity index (χ0n) is 4.97. The van der Waals surface area contributed by atoms with Crippen molar-refractivity contribution in [3.8, 4) is 0 Å². The number of rotatable bonds is 1. The average molecular weight is 244 g/mol. The first-order valence-corrected chi connectivity index (χ1v) is 6.31. The normalized spacial score (nSPS) is 23.8. The van der Waals surface area contributed by atoms with Gasteiger partial charge in [-0.2, -0.15) is 0 Å². The van der Waals surface area contributed by atoms with Gasteiger partial charge in [0.25, 0.3) is 0 Å². The van der Waals surface area contributed by atoms with E-state index in [0.29, 0.717) is 6.61 Å². The summed E-state index contributed by atoms with van der Waals surface area (Å²) in [7, 11) is 0. The minimum atomic E-state index is -1.94. The third kappa shape index (κ3) is 2.09. The van der Waals surface area contributed by atoms with E-state index in [1.165, 1.54) is 0 Å². The van der Waals surface area contributed by atoms with Crippen molar-refractivity contribution in [2.24, 2.45) is 0 Å². The van der Waals surface area contributed by atoms with E-state index in [0.717, 1.165) is 17.3 Å². The Labute approximate surface area is 61.3 Å². The molecule has 1 fully saturated rings. The van der Waals surface area contributed by atoms with E-state index < -0.39 is 24.2 Å². The van der Waals surface area contributed by atoms with Gasteiger partial charge in [0.1, 0.15) is 0 Å². The molecule has 1 aliphatic heterocycles.